The smallest absolute Gasteiger partial charge is 0.0762 e. The number of anilines is 1. The van der Waals surface area contributed by atoms with Crippen molar-refractivity contribution in [2.75, 3.05) is 18.5 Å². The van der Waals surface area contributed by atoms with Gasteiger partial charge in [0.15, 0.2) is 0 Å². The highest BCUT2D eigenvalue weighted by atomic mass is 35.5. The van der Waals surface area contributed by atoms with Crippen LogP contribution in [0.25, 0.3) is 0 Å². The standard InChI is InChI=1S/C15H18ClNOS/c1-11(18)12-5-6-15(14(16)10-12)17(2)8-7-13-4-3-9-19-13/h3-6,9-11,18H,7-8H2,1-2H3/t11-/m0/s1. The molecule has 1 heterocycles. The zero-order chi connectivity index (χ0) is 13.8. The first-order chi connectivity index (χ1) is 9.08. The molecule has 102 valence electrons. The number of hydrogen-bond acceptors (Lipinski definition) is 3. The van der Waals surface area contributed by atoms with Crippen LogP contribution in [0.1, 0.15) is 23.5 Å². The van der Waals surface area contributed by atoms with Crippen LogP contribution < -0.4 is 4.90 Å². The second kappa shape index (κ2) is 6.42. The maximum absolute atomic E-state index is 9.54. The van der Waals surface area contributed by atoms with E-state index in [1.807, 2.05) is 25.2 Å². The third kappa shape index (κ3) is 3.72. The predicted molar refractivity (Wildman–Crippen MR) is 83.4 cm³/mol. The van der Waals surface area contributed by atoms with Crippen LogP contribution in [0.15, 0.2) is 35.7 Å². The van der Waals surface area contributed by atoms with Crippen LogP contribution >= 0.6 is 22.9 Å². The van der Waals surface area contributed by atoms with E-state index in [1.165, 1.54) is 4.88 Å². The molecule has 0 unspecified atom stereocenters. The zero-order valence-corrected chi connectivity index (χ0v) is 12.7. The van der Waals surface area contributed by atoms with Crippen LogP contribution in [0.4, 0.5) is 5.69 Å². The van der Waals surface area contributed by atoms with Crippen LogP contribution in [0.2, 0.25) is 5.02 Å². The van der Waals surface area contributed by atoms with Gasteiger partial charge in [0.25, 0.3) is 0 Å². The molecule has 0 bridgehead atoms. The lowest BCUT2D eigenvalue weighted by molar-refractivity contribution is 0.199. The van der Waals surface area contributed by atoms with Gasteiger partial charge in [-0.2, -0.15) is 0 Å². The van der Waals surface area contributed by atoms with Crippen molar-refractivity contribution in [3.63, 3.8) is 0 Å². The molecule has 1 aromatic carbocycles. The lowest BCUT2D eigenvalue weighted by Crippen LogP contribution is -2.20. The molecular formula is C15H18ClNOS. The molecule has 0 aliphatic carbocycles. The van der Waals surface area contributed by atoms with Gasteiger partial charge in [-0.05, 0) is 42.5 Å². The second-order valence-corrected chi connectivity index (χ2v) is 6.08. The van der Waals surface area contributed by atoms with Gasteiger partial charge < -0.3 is 10.0 Å². The Morgan fingerprint density at radius 1 is 1.37 bits per heavy atom. The molecule has 0 aliphatic rings. The molecule has 0 aliphatic heterocycles. The molecule has 2 nitrogen and oxygen atoms in total. The Morgan fingerprint density at radius 2 is 2.16 bits per heavy atom. The number of nitrogens with zero attached hydrogens (tertiary/aromatic N) is 1. The average Bonchev–Trinajstić information content (AvgIpc) is 2.88. The normalized spacial score (nSPS) is 12.4. The minimum Gasteiger partial charge on any atom is -0.389 e. The maximum atomic E-state index is 9.54. The Balaban J connectivity index is 2.04. The van der Waals surface area contributed by atoms with Crippen molar-refractivity contribution in [3.8, 4) is 0 Å². The van der Waals surface area contributed by atoms with Gasteiger partial charge in [0.1, 0.15) is 0 Å². The fourth-order valence-corrected chi connectivity index (χ4v) is 2.98. The summed E-state index contributed by atoms with van der Waals surface area (Å²) in [4.78, 5) is 3.53. The van der Waals surface area contributed by atoms with Crippen molar-refractivity contribution < 1.29 is 5.11 Å². The van der Waals surface area contributed by atoms with Gasteiger partial charge in [-0.3, -0.25) is 0 Å². The Bertz CT molecular complexity index is 525. The summed E-state index contributed by atoms with van der Waals surface area (Å²) in [6.45, 7) is 2.67. The van der Waals surface area contributed by atoms with Gasteiger partial charge in [-0.1, -0.05) is 23.7 Å². The summed E-state index contributed by atoms with van der Waals surface area (Å²) < 4.78 is 0. The largest absolute Gasteiger partial charge is 0.389 e. The molecule has 0 fully saturated rings. The van der Waals surface area contributed by atoms with E-state index in [0.717, 1.165) is 24.2 Å². The summed E-state index contributed by atoms with van der Waals surface area (Å²) >= 11 is 8.06. The van der Waals surface area contributed by atoms with Gasteiger partial charge in [0.05, 0.1) is 16.8 Å². The second-order valence-electron chi connectivity index (χ2n) is 4.64. The topological polar surface area (TPSA) is 23.5 Å². The fourth-order valence-electron chi connectivity index (χ4n) is 1.95. The van der Waals surface area contributed by atoms with Crippen molar-refractivity contribution in [2.24, 2.45) is 0 Å². The lowest BCUT2D eigenvalue weighted by atomic mass is 10.1. The quantitative estimate of drug-likeness (QED) is 0.896. The molecule has 1 N–H and O–H groups in total. The minimum atomic E-state index is -0.483. The fraction of sp³-hybridized carbons (Fsp3) is 0.333. The monoisotopic (exact) mass is 295 g/mol. The van der Waals surface area contributed by atoms with Gasteiger partial charge in [-0.25, -0.2) is 0 Å². The van der Waals surface area contributed by atoms with Crippen LogP contribution in [0.5, 0.6) is 0 Å². The summed E-state index contributed by atoms with van der Waals surface area (Å²) in [5.74, 6) is 0. The van der Waals surface area contributed by atoms with E-state index in [1.54, 1.807) is 18.3 Å². The molecule has 0 saturated heterocycles. The molecule has 0 saturated carbocycles. The zero-order valence-electron chi connectivity index (χ0n) is 11.1. The van der Waals surface area contributed by atoms with E-state index in [4.69, 9.17) is 11.6 Å². The summed E-state index contributed by atoms with van der Waals surface area (Å²) in [7, 11) is 2.04. The number of hydrogen-bond donors (Lipinski definition) is 1. The Hall–Kier alpha value is -1.03. The van der Waals surface area contributed by atoms with Crippen molar-refractivity contribution in [3.05, 3.63) is 51.2 Å². The molecule has 0 amide bonds. The van der Waals surface area contributed by atoms with E-state index in [-0.39, 0.29) is 0 Å². The van der Waals surface area contributed by atoms with Crippen molar-refractivity contribution in [2.45, 2.75) is 19.4 Å². The van der Waals surface area contributed by atoms with Crippen LogP contribution in [0.3, 0.4) is 0 Å². The van der Waals surface area contributed by atoms with Gasteiger partial charge in [0.2, 0.25) is 0 Å². The molecule has 2 aromatic rings. The lowest BCUT2D eigenvalue weighted by Gasteiger charge is -2.21. The van der Waals surface area contributed by atoms with Crippen LogP contribution in [-0.2, 0) is 6.42 Å². The summed E-state index contributed by atoms with van der Waals surface area (Å²) in [6.07, 6.45) is 0.533. The molecule has 19 heavy (non-hydrogen) atoms. The number of likely N-dealkylation sites (N-methyl/N-ethyl adjacent to an activating group) is 1. The van der Waals surface area contributed by atoms with Crippen LogP contribution in [-0.4, -0.2) is 18.7 Å². The minimum absolute atomic E-state index is 0.483. The van der Waals surface area contributed by atoms with E-state index in [9.17, 15) is 5.11 Å². The first kappa shape index (κ1) is 14.4. The third-order valence-corrected chi connectivity index (χ3v) is 4.38. The number of aliphatic hydroxyl groups excluding tert-OH is 1. The SMILES string of the molecule is C[C@H](O)c1ccc(N(C)CCc2cccs2)c(Cl)c1. The summed E-state index contributed by atoms with van der Waals surface area (Å²) in [5, 5.41) is 12.3. The van der Waals surface area contributed by atoms with Crippen molar-refractivity contribution >= 4 is 28.6 Å². The Labute approximate surface area is 123 Å². The van der Waals surface area contributed by atoms with Gasteiger partial charge >= 0.3 is 0 Å². The van der Waals surface area contributed by atoms with Crippen molar-refractivity contribution in [1.29, 1.82) is 0 Å². The highest BCUT2D eigenvalue weighted by Crippen LogP contribution is 2.28. The first-order valence-electron chi connectivity index (χ1n) is 6.29. The number of rotatable bonds is 5. The highest BCUT2D eigenvalue weighted by molar-refractivity contribution is 7.09. The molecule has 0 radical (unpaired) electrons. The average molecular weight is 296 g/mol. The number of halogens is 1. The first-order valence-corrected chi connectivity index (χ1v) is 7.54. The number of aliphatic hydroxyl groups is 1. The van der Waals surface area contributed by atoms with Gasteiger partial charge in [0, 0.05) is 18.5 Å². The molecule has 2 rings (SSSR count). The third-order valence-electron chi connectivity index (χ3n) is 3.14. The van der Waals surface area contributed by atoms with Gasteiger partial charge in [-0.15, -0.1) is 11.3 Å². The predicted octanol–water partition coefficient (Wildman–Crippen LogP) is 4.13. The van der Waals surface area contributed by atoms with E-state index < -0.39 is 6.10 Å². The summed E-state index contributed by atoms with van der Waals surface area (Å²) in [6, 6.07) is 9.95. The molecule has 4 heteroatoms. The molecule has 0 spiro atoms. The highest BCUT2D eigenvalue weighted by Gasteiger charge is 2.09. The Morgan fingerprint density at radius 3 is 2.74 bits per heavy atom. The Kier molecular flexibility index (Phi) is 4.86. The van der Waals surface area contributed by atoms with E-state index in [2.05, 4.69) is 22.4 Å². The number of thiophene rings is 1. The maximum Gasteiger partial charge on any atom is 0.0762 e. The molecule has 1 atom stereocenters. The number of benzene rings is 1. The van der Waals surface area contributed by atoms with Crippen LogP contribution in [0, 0.1) is 0 Å². The van der Waals surface area contributed by atoms with Crippen molar-refractivity contribution in [1.82, 2.24) is 0 Å². The van der Waals surface area contributed by atoms with E-state index >= 15 is 0 Å². The van der Waals surface area contributed by atoms with E-state index in [0.29, 0.717) is 5.02 Å². The molecule has 1 aromatic heterocycles. The summed E-state index contributed by atoms with van der Waals surface area (Å²) in [5.41, 5.74) is 1.85. The molecular weight excluding hydrogens is 278 g/mol.